The first-order chi connectivity index (χ1) is 10.6. The molecule has 2 unspecified atom stereocenters. The van der Waals surface area contributed by atoms with Crippen molar-refractivity contribution >= 4 is 11.8 Å². The first kappa shape index (κ1) is 14.8. The third-order valence-electron chi connectivity index (χ3n) is 4.37. The Balaban J connectivity index is 1.47. The second-order valence-corrected chi connectivity index (χ2v) is 5.68. The molecule has 0 amide bonds. The van der Waals surface area contributed by atoms with Gasteiger partial charge in [0.15, 0.2) is 0 Å². The Morgan fingerprint density at radius 2 is 2.05 bits per heavy atom. The molecule has 7 nitrogen and oxygen atoms in total. The zero-order valence-corrected chi connectivity index (χ0v) is 12.1. The van der Waals surface area contributed by atoms with E-state index < -0.39 is 11.1 Å². The predicted molar refractivity (Wildman–Crippen MR) is 77.8 cm³/mol. The van der Waals surface area contributed by atoms with E-state index in [-0.39, 0.29) is 17.5 Å². The van der Waals surface area contributed by atoms with Gasteiger partial charge in [0, 0.05) is 24.2 Å². The number of nitro groups is 1. The molecule has 2 fully saturated rings. The van der Waals surface area contributed by atoms with Gasteiger partial charge in [0.1, 0.15) is 12.4 Å². The summed E-state index contributed by atoms with van der Waals surface area (Å²) in [6, 6.07) is 6.27. The van der Waals surface area contributed by atoms with Gasteiger partial charge in [0.25, 0.3) is 5.69 Å². The maximum absolute atomic E-state index is 11.7. The molecule has 1 aromatic carbocycles. The molecule has 2 atom stereocenters. The van der Waals surface area contributed by atoms with Crippen molar-refractivity contribution in [2.45, 2.75) is 37.8 Å². The lowest BCUT2D eigenvalue weighted by Crippen LogP contribution is -2.35. The van der Waals surface area contributed by atoms with Crippen LogP contribution in [0.25, 0.3) is 0 Å². The van der Waals surface area contributed by atoms with Crippen molar-refractivity contribution in [3.05, 3.63) is 34.4 Å². The van der Waals surface area contributed by atoms with Crippen LogP contribution in [0.3, 0.4) is 0 Å². The largest absolute Gasteiger partial charge is 0.513 e. The lowest BCUT2D eigenvalue weighted by atomic mass is 10.1. The van der Waals surface area contributed by atoms with E-state index in [1.165, 1.54) is 43.5 Å². The Morgan fingerprint density at radius 1 is 1.27 bits per heavy atom. The van der Waals surface area contributed by atoms with E-state index in [4.69, 9.17) is 9.47 Å². The zero-order chi connectivity index (χ0) is 15.5. The average Bonchev–Trinajstić information content (AvgIpc) is 3.09. The van der Waals surface area contributed by atoms with Crippen LogP contribution >= 0.6 is 0 Å². The standard InChI is InChI=1S/C15H18N2O5/c18-15(22-14-7-5-12(6-8-14)17(19)20)21-10-13-4-3-11-2-1-9-16(11)13/h5-8,11,13H,1-4,9-10H2. The van der Waals surface area contributed by atoms with E-state index in [9.17, 15) is 14.9 Å². The quantitative estimate of drug-likeness (QED) is 0.368. The average molecular weight is 306 g/mol. The fourth-order valence-corrected chi connectivity index (χ4v) is 3.30. The lowest BCUT2D eigenvalue weighted by Gasteiger charge is -2.22. The van der Waals surface area contributed by atoms with Crippen LogP contribution in [0, 0.1) is 10.1 Å². The molecule has 0 bridgehead atoms. The highest BCUT2D eigenvalue weighted by molar-refractivity contribution is 5.64. The Bertz CT molecular complexity index is 560. The highest BCUT2D eigenvalue weighted by Crippen LogP contribution is 2.32. The summed E-state index contributed by atoms with van der Waals surface area (Å²) < 4.78 is 10.2. The summed E-state index contributed by atoms with van der Waals surface area (Å²) in [7, 11) is 0. The molecule has 0 aliphatic carbocycles. The summed E-state index contributed by atoms with van der Waals surface area (Å²) in [6.07, 6.45) is 3.91. The summed E-state index contributed by atoms with van der Waals surface area (Å²) >= 11 is 0. The van der Waals surface area contributed by atoms with E-state index in [0.29, 0.717) is 12.6 Å². The van der Waals surface area contributed by atoms with E-state index in [0.717, 1.165) is 13.0 Å². The number of ether oxygens (including phenoxy) is 2. The van der Waals surface area contributed by atoms with Gasteiger partial charge in [-0.25, -0.2) is 4.79 Å². The molecular formula is C15H18N2O5. The Morgan fingerprint density at radius 3 is 2.77 bits per heavy atom. The topological polar surface area (TPSA) is 81.9 Å². The molecule has 0 spiro atoms. The monoisotopic (exact) mass is 306 g/mol. The maximum Gasteiger partial charge on any atom is 0.513 e. The molecule has 0 N–H and O–H groups in total. The molecule has 2 aliphatic heterocycles. The lowest BCUT2D eigenvalue weighted by molar-refractivity contribution is -0.384. The van der Waals surface area contributed by atoms with E-state index in [1.54, 1.807) is 0 Å². The summed E-state index contributed by atoms with van der Waals surface area (Å²) in [5, 5.41) is 10.5. The molecule has 1 aromatic rings. The third-order valence-corrected chi connectivity index (χ3v) is 4.37. The SMILES string of the molecule is O=C(OCC1CCC2CCCN21)Oc1ccc([N+](=O)[O-])cc1. The minimum absolute atomic E-state index is 0.0493. The van der Waals surface area contributed by atoms with Crippen molar-refractivity contribution < 1.29 is 19.2 Å². The van der Waals surface area contributed by atoms with E-state index in [2.05, 4.69) is 4.90 Å². The van der Waals surface area contributed by atoms with Crippen LogP contribution in [0.5, 0.6) is 5.75 Å². The molecule has 7 heteroatoms. The fourth-order valence-electron chi connectivity index (χ4n) is 3.30. The van der Waals surface area contributed by atoms with Crippen molar-refractivity contribution in [3.63, 3.8) is 0 Å². The molecule has 0 aromatic heterocycles. The molecule has 3 rings (SSSR count). The Hall–Kier alpha value is -2.15. The second kappa shape index (κ2) is 6.31. The summed E-state index contributed by atoms with van der Waals surface area (Å²) in [6.45, 7) is 1.42. The fraction of sp³-hybridized carbons (Fsp3) is 0.533. The number of hydrogen-bond donors (Lipinski definition) is 0. The number of non-ortho nitro benzene ring substituents is 1. The molecule has 2 heterocycles. The molecule has 2 saturated heterocycles. The first-order valence-corrected chi connectivity index (χ1v) is 7.48. The number of benzene rings is 1. The molecule has 118 valence electrons. The number of fused-ring (bicyclic) bond motifs is 1. The van der Waals surface area contributed by atoms with Gasteiger partial charge in [-0.2, -0.15) is 0 Å². The number of carbonyl (C=O) groups excluding carboxylic acids is 1. The maximum atomic E-state index is 11.7. The van der Waals surface area contributed by atoms with Gasteiger partial charge in [0.05, 0.1) is 4.92 Å². The van der Waals surface area contributed by atoms with Gasteiger partial charge >= 0.3 is 6.16 Å². The molecular weight excluding hydrogens is 288 g/mol. The van der Waals surface area contributed by atoms with E-state index >= 15 is 0 Å². The number of rotatable bonds is 4. The van der Waals surface area contributed by atoms with Crippen LogP contribution in [0.4, 0.5) is 10.5 Å². The van der Waals surface area contributed by atoms with Crippen molar-refractivity contribution in [3.8, 4) is 5.75 Å². The van der Waals surface area contributed by atoms with Crippen LogP contribution in [0.15, 0.2) is 24.3 Å². The first-order valence-electron chi connectivity index (χ1n) is 7.48. The predicted octanol–water partition coefficient (Wildman–Crippen LogP) is 2.74. The van der Waals surface area contributed by atoms with E-state index in [1.807, 2.05) is 0 Å². The normalized spacial score (nSPS) is 24.0. The molecule has 22 heavy (non-hydrogen) atoms. The molecule has 0 saturated carbocycles. The van der Waals surface area contributed by atoms with Crippen LogP contribution < -0.4 is 4.74 Å². The van der Waals surface area contributed by atoms with Gasteiger partial charge in [0.2, 0.25) is 0 Å². The van der Waals surface area contributed by atoms with Gasteiger partial charge in [-0.3, -0.25) is 15.0 Å². The third kappa shape index (κ3) is 3.19. The summed E-state index contributed by atoms with van der Waals surface area (Å²) in [4.78, 5) is 24.1. The van der Waals surface area contributed by atoms with Gasteiger partial charge < -0.3 is 9.47 Å². The number of hydrogen-bond acceptors (Lipinski definition) is 6. The van der Waals surface area contributed by atoms with Crippen molar-refractivity contribution in [1.29, 1.82) is 0 Å². The van der Waals surface area contributed by atoms with Crippen molar-refractivity contribution in [2.24, 2.45) is 0 Å². The van der Waals surface area contributed by atoms with Gasteiger partial charge in [-0.05, 0) is 44.4 Å². The van der Waals surface area contributed by atoms with Gasteiger partial charge in [-0.1, -0.05) is 0 Å². The summed E-state index contributed by atoms with van der Waals surface area (Å²) in [5.74, 6) is 0.237. The second-order valence-electron chi connectivity index (χ2n) is 5.68. The number of nitrogens with zero attached hydrogens (tertiary/aromatic N) is 2. The molecule has 2 aliphatic rings. The minimum Gasteiger partial charge on any atom is -0.432 e. The number of carbonyl (C=O) groups is 1. The van der Waals surface area contributed by atoms with Crippen LogP contribution in [0.2, 0.25) is 0 Å². The smallest absolute Gasteiger partial charge is 0.432 e. The highest BCUT2D eigenvalue weighted by Gasteiger charge is 2.37. The summed E-state index contributed by atoms with van der Waals surface area (Å²) in [5.41, 5.74) is -0.0493. The van der Waals surface area contributed by atoms with Gasteiger partial charge in [-0.15, -0.1) is 0 Å². The van der Waals surface area contributed by atoms with Crippen LogP contribution in [0.1, 0.15) is 25.7 Å². The van der Waals surface area contributed by atoms with Crippen molar-refractivity contribution in [1.82, 2.24) is 4.90 Å². The zero-order valence-electron chi connectivity index (χ0n) is 12.1. The number of nitro benzene ring substituents is 1. The van der Waals surface area contributed by atoms with Crippen molar-refractivity contribution in [2.75, 3.05) is 13.2 Å². The van der Waals surface area contributed by atoms with Crippen LogP contribution in [-0.4, -0.2) is 41.2 Å². The highest BCUT2D eigenvalue weighted by atomic mass is 16.7. The Kier molecular flexibility index (Phi) is 4.24. The minimum atomic E-state index is -0.767. The van der Waals surface area contributed by atoms with Crippen LogP contribution in [-0.2, 0) is 4.74 Å². The molecule has 0 radical (unpaired) electrons. The Labute approximate surface area is 128 Å².